The minimum absolute atomic E-state index is 0.411. The smallest absolute Gasteiger partial charge is 0.191 e. The number of fused-ring (bicyclic) bond motifs is 1. The monoisotopic (exact) mass is 349 g/mol. The average Bonchev–Trinajstić information content (AvgIpc) is 3.09. The summed E-state index contributed by atoms with van der Waals surface area (Å²) in [5.41, 5.74) is 4.70. The molecule has 1 aromatic heterocycles. The van der Waals surface area contributed by atoms with E-state index in [1.54, 1.807) is 7.05 Å². The van der Waals surface area contributed by atoms with Crippen molar-refractivity contribution in [3.05, 3.63) is 66.0 Å². The first kappa shape index (κ1) is 18.0. The number of rotatable bonds is 6. The van der Waals surface area contributed by atoms with Crippen molar-refractivity contribution in [2.75, 3.05) is 7.05 Å². The highest BCUT2D eigenvalue weighted by atomic mass is 15.2. The average molecular weight is 349 g/mol. The first-order chi connectivity index (χ1) is 12.7. The molecule has 26 heavy (non-hydrogen) atoms. The fraction of sp³-hybridized carbons (Fsp3) is 0.333. The van der Waals surface area contributed by atoms with Crippen LogP contribution in [0.5, 0.6) is 0 Å². The van der Waals surface area contributed by atoms with Gasteiger partial charge >= 0.3 is 0 Å². The first-order valence-electron chi connectivity index (χ1n) is 9.14. The molecule has 3 aromatic rings. The number of nitrogens with zero attached hydrogens (tertiary/aromatic N) is 3. The van der Waals surface area contributed by atoms with Crippen molar-refractivity contribution in [2.45, 2.75) is 39.4 Å². The Morgan fingerprint density at radius 3 is 2.58 bits per heavy atom. The fourth-order valence-corrected chi connectivity index (χ4v) is 2.81. The lowest BCUT2D eigenvalue weighted by atomic mass is 10.1. The highest BCUT2D eigenvalue weighted by Gasteiger charge is 2.04. The van der Waals surface area contributed by atoms with Crippen molar-refractivity contribution in [1.82, 2.24) is 20.2 Å². The van der Waals surface area contributed by atoms with Crippen molar-refractivity contribution in [2.24, 2.45) is 4.99 Å². The zero-order chi connectivity index (χ0) is 18.4. The Labute approximate surface area is 155 Å². The summed E-state index contributed by atoms with van der Waals surface area (Å²) >= 11 is 0. The summed E-state index contributed by atoms with van der Waals surface area (Å²) in [6.07, 6.45) is 2.98. The van der Waals surface area contributed by atoms with Crippen LogP contribution in [0, 0.1) is 0 Å². The molecule has 0 radical (unpaired) electrons. The van der Waals surface area contributed by atoms with E-state index in [4.69, 9.17) is 0 Å². The maximum Gasteiger partial charge on any atom is 0.191 e. The second-order valence-electron chi connectivity index (χ2n) is 6.56. The number of imidazole rings is 1. The molecule has 5 heteroatoms. The molecule has 0 aliphatic heterocycles. The van der Waals surface area contributed by atoms with Crippen LogP contribution in [0.15, 0.2) is 59.9 Å². The lowest BCUT2D eigenvalue weighted by Crippen LogP contribution is -2.41. The van der Waals surface area contributed by atoms with E-state index in [1.165, 1.54) is 11.1 Å². The van der Waals surface area contributed by atoms with Crippen molar-refractivity contribution in [3.8, 4) is 0 Å². The third kappa shape index (κ3) is 4.42. The number of aliphatic imine (C=N–C) groups is 1. The molecule has 136 valence electrons. The number of para-hydroxylation sites is 2. The number of guanidine groups is 1. The predicted molar refractivity (Wildman–Crippen MR) is 108 cm³/mol. The molecule has 2 N–H and O–H groups in total. The highest BCUT2D eigenvalue weighted by molar-refractivity contribution is 5.79. The molecule has 1 atom stereocenters. The van der Waals surface area contributed by atoms with E-state index < -0.39 is 0 Å². The molecule has 1 unspecified atom stereocenters. The van der Waals surface area contributed by atoms with Gasteiger partial charge in [-0.3, -0.25) is 4.99 Å². The van der Waals surface area contributed by atoms with Gasteiger partial charge in [0.2, 0.25) is 0 Å². The molecule has 0 saturated heterocycles. The lowest BCUT2D eigenvalue weighted by Gasteiger charge is -2.16. The van der Waals surface area contributed by atoms with Gasteiger partial charge in [-0.15, -0.1) is 0 Å². The van der Waals surface area contributed by atoms with Crippen molar-refractivity contribution < 1.29 is 0 Å². The Bertz CT molecular complexity index is 863. The Kier molecular flexibility index (Phi) is 5.89. The summed E-state index contributed by atoms with van der Waals surface area (Å²) in [6, 6.07) is 17.3. The fourth-order valence-electron chi connectivity index (χ4n) is 2.81. The first-order valence-corrected chi connectivity index (χ1v) is 9.14. The van der Waals surface area contributed by atoms with Crippen LogP contribution in [-0.4, -0.2) is 28.6 Å². The zero-order valence-electron chi connectivity index (χ0n) is 15.7. The van der Waals surface area contributed by atoms with Crippen LogP contribution in [0.3, 0.4) is 0 Å². The van der Waals surface area contributed by atoms with Gasteiger partial charge in [0.15, 0.2) is 5.96 Å². The number of hydrogen-bond acceptors (Lipinski definition) is 2. The van der Waals surface area contributed by atoms with Crippen molar-refractivity contribution >= 4 is 17.0 Å². The minimum Gasteiger partial charge on any atom is -0.354 e. The maximum atomic E-state index is 4.45. The van der Waals surface area contributed by atoms with Gasteiger partial charge in [0.05, 0.1) is 17.4 Å². The van der Waals surface area contributed by atoms with E-state index in [1.807, 2.05) is 18.5 Å². The molecule has 1 heterocycles. The minimum atomic E-state index is 0.411. The van der Waals surface area contributed by atoms with Gasteiger partial charge in [-0.2, -0.15) is 0 Å². The second kappa shape index (κ2) is 8.52. The van der Waals surface area contributed by atoms with E-state index in [0.29, 0.717) is 6.04 Å². The quantitative estimate of drug-likeness (QED) is 0.529. The molecule has 0 bridgehead atoms. The van der Waals surface area contributed by atoms with Crippen LogP contribution in [0.2, 0.25) is 0 Å². The van der Waals surface area contributed by atoms with Gasteiger partial charge in [-0.05, 0) is 36.6 Å². The summed E-state index contributed by atoms with van der Waals surface area (Å²) in [4.78, 5) is 8.73. The molecular weight excluding hydrogens is 322 g/mol. The van der Waals surface area contributed by atoms with Gasteiger partial charge in [0.1, 0.15) is 0 Å². The van der Waals surface area contributed by atoms with Crippen LogP contribution in [0.1, 0.15) is 31.4 Å². The van der Waals surface area contributed by atoms with Crippen LogP contribution in [0.4, 0.5) is 0 Å². The lowest BCUT2D eigenvalue weighted by molar-refractivity contribution is 0.624. The van der Waals surface area contributed by atoms with Gasteiger partial charge in [0.25, 0.3) is 0 Å². The van der Waals surface area contributed by atoms with Gasteiger partial charge in [-0.1, -0.05) is 43.3 Å². The predicted octanol–water partition coefficient (Wildman–Crippen LogP) is 3.55. The van der Waals surface area contributed by atoms with E-state index in [2.05, 4.69) is 75.4 Å². The van der Waals surface area contributed by atoms with Crippen molar-refractivity contribution in [3.63, 3.8) is 0 Å². The molecule has 0 saturated carbocycles. The van der Waals surface area contributed by atoms with Gasteiger partial charge < -0.3 is 15.2 Å². The Hall–Kier alpha value is -2.82. The van der Waals surface area contributed by atoms with Crippen molar-refractivity contribution in [1.29, 1.82) is 0 Å². The van der Waals surface area contributed by atoms with E-state index in [0.717, 1.165) is 36.5 Å². The van der Waals surface area contributed by atoms with Gasteiger partial charge in [-0.25, -0.2) is 4.98 Å². The highest BCUT2D eigenvalue weighted by Crippen LogP contribution is 2.14. The Balaban J connectivity index is 1.60. The SMILES string of the molecule is CCC(C)NC(=NC)NCc1ccc(Cn2cnc3ccccc32)cc1. The Morgan fingerprint density at radius 2 is 1.85 bits per heavy atom. The standard InChI is InChI=1S/C21H27N5/c1-4-16(2)25-21(22-3)23-13-17-9-11-18(12-10-17)14-26-15-24-19-7-5-6-8-20(19)26/h5-12,15-16H,4,13-14H2,1-3H3,(H2,22,23,25). The molecule has 0 aliphatic carbocycles. The van der Waals surface area contributed by atoms with Crippen LogP contribution >= 0.6 is 0 Å². The Morgan fingerprint density at radius 1 is 1.12 bits per heavy atom. The summed E-state index contributed by atoms with van der Waals surface area (Å²) in [7, 11) is 1.80. The zero-order valence-corrected chi connectivity index (χ0v) is 15.7. The van der Waals surface area contributed by atoms with E-state index in [9.17, 15) is 0 Å². The topological polar surface area (TPSA) is 54.2 Å². The molecule has 0 aliphatic rings. The summed E-state index contributed by atoms with van der Waals surface area (Å²) in [6.45, 7) is 5.89. The summed E-state index contributed by atoms with van der Waals surface area (Å²) < 4.78 is 2.18. The number of hydrogen-bond donors (Lipinski definition) is 2. The van der Waals surface area contributed by atoms with Crippen LogP contribution in [0.25, 0.3) is 11.0 Å². The molecule has 0 fully saturated rings. The summed E-state index contributed by atoms with van der Waals surface area (Å²) in [5, 5.41) is 6.74. The summed E-state index contributed by atoms with van der Waals surface area (Å²) in [5.74, 6) is 0.841. The van der Waals surface area contributed by atoms with E-state index in [-0.39, 0.29) is 0 Å². The molecule has 2 aromatic carbocycles. The largest absolute Gasteiger partial charge is 0.354 e. The number of nitrogens with one attached hydrogen (secondary N) is 2. The second-order valence-corrected chi connectivity index (χ2v) is 6.56. The molecule has 0 amide bonds. The maximum absolute atomic E-state index is 4.45. The number of benzene rings is 2. The molecular formula is C21H27N5. The van der Waals surface area contributed by atoms with Crippen LogP contribution < -0.4 is 10.6 Å². The van der Waals surface area contributed by atoms with Gasteiger partial charge in [0, 0.05) is 26.2 Å². The molecule has 3 rings (SSSR count). The number of aromatic nitrogens is 2. The normalized spacial score (nSPS) is 13.0. The third-order valence-electron chi connectivity index (χ3n) is 4.58. The molecule has 5 nitrogen and oxygen atoms in total. The van der Waals surface area contributed by atoms with E-state index >= 15 is 0 Å². The molecule has 0 spiro atoms. The third-order valence-corrected chi connectivity index (χ3v) is 4.58. The van der Waals surface area contributed by atoms with Crippen LogP contribution in [-0.2, 0) is 13.1 Å².